The first-order valence-electron chi connectivity index (χ1n) is 10.4. The maximum absolute atomic E-state index is 12.9. The van der Waals surface area contributed by atoms with Crippen molar-refractivity contribution < 1.29 is 42.9 Å². The highest BCUT2D eigenvalue weighted by molar-refractivity contribution is 8.00. The van der Waals surface area contributed by atoms with E-state index in [9.17, 15) is 33.4 Å². The van der Waals surface area contributed by atoms with Crippen molar-refractivity contribution in [1.82, 2.24) is 24.3 Å². The fourth-order valence-electron chi connectivity index (χ4n) is 3.77. The number of carbonyl (C=O) groups excluding carboxylic acids is 3. The molecule has 1 saturated heterocycles. The molecule has 2 aromatic heterocycles. The third-order valence-electron chi connectivity index (χ3n) is 5.31. The van der Waals surface area contributed by atoms with Crippen molar-refractivity contribution in [3.63, 3.8) is 0 Å². The van der Waals surface area contributed by atoms with Crippen LogP contribution < -0.4 is 26.6 Å². The third-order valence-corrected chi connectivity index (χ3v) is 7.19. The Labute approximate surface area is 214 Å². The minimum Gasteiger partial charge on any atom is -0.543 e. The maximum Gasteiger partial charge on any atom is 0.407 e. The van der Waals surface area contributed by atoms with E-state index in [-0.39, 0.29) is 42.1 Å². The Morgan fingerprint density at radius 2 is 2.19 bits per heavy atom. The number of amides is 2. The Bertz CT molecular complexity index is 1300. The van der Waals surface area contributed by atoms with Crippen LogP contribution in [0.3, 0.4) is 0 Å². The topological polar surface area (TPSA) is 218 Å². The predicted molar refractivity (Wildman–Crippen MR) is 121 cm³/mol. The molecular formula is C18H19F2N9O6S2. The van der Waals surface area contributed by atoms with Crippen LogP contribution >= 0.6 is 23.3 Å². The first-order chi connectivity index (χ1) is 17.6. The number of alkyl halides is 2. The molecule has 2 aliphatic heterocycles. The number of aliphatic carboxylic acids is 1. The lowest BCUT2D eigenvalue weighted by Crippen LogP contribution is -2.71. The molecule has 1 fully saturated rings. The molecule has 6 N–H and O–H groups in total. The zero-order valence-electron chi connectivity index (χ0n) is 18.6. The average Bonchev–Trinajstić information content (AvgIpc) is 3.42. The predicted octanol–water partition coefficient (Wildman–Crippen LogP) is -3.17. The van der Waals surface area contributed by atoms with Gasteiger partial charge >= 0.3 is 6.61 Å². The van der Waals surface area contributed by atoms with Gasteiger partial charge in [0.1, 0.15) is 18.0 Å². The number of oxime groups is 1. The largest absolute Gasteiger partial charge is 0.543 e. The number of anilines is 2. The normalized spacial score (nSPS) is 19.6. The summed E-state index contributed by atoms with van der Waals surface area (Å²) in [6.45, 7) is -3.34. The highest BCUT2D eigenvalue weighted by Gasteiger charge is 2.53. The minimum atomic E-state index is -3.34. The highest BCUT2D eigenvalue weighted by atomic mass is 32.2. The molecule has 0 aliphatic carbocycles. The zero-order valence-corrected chi connectivity index (χ0v) is 20.2. The van der Waals surface area contributed by atoms with Gasteiger partial charge in [-0.25, -0.2) is 0 Å². The summed E-state index contributed by atoms with van der Waals surface area (Å²) in [5.41, 5.74) is 10.6. The zero-order chi connectivity index (χ0) is 26.9. The van der Waals surface area contributed by atoms with Crippen molar-refractivity contribution in [2.45, 2.75) is 31.1 Å². The summed E-state index contributed by atoms with van der Waals surface area (Å²) < 4.78 is 31.9. The Hall–Kier alpha value is -3.84. The lowest BCUT2D eigenvalue weighted by molar-refractivity contribution is -0.767. The van der Waals surface area contributed by atoms with E-state index >= 15 is 0 Å². The van der Waals surface area contributed by atoms with Crippen molar-refractivity contribution >= 4 is 57.7 Å². The van der Waals surface area contributed by atoms with Crippen molar-refractivity contribution in [3.05, 3.63) is 29.4 Å². The molecule has 0 spiro atoms. The quantitative estimate of drug-likeness (QED) is 0.0985. The van der Waals surface area contributed by atoms with E-state index in [0.29, 0.717) is 22.9 Å². The lowest BCUT2D eigenvalue weighted by atomic mass is 10.0. The molecule has 0 unspecified atom stereocenters. The van der Waals surface area contributed by atoms with Gasteiger partial charge in [0, 0.05) is 22.9 Å². The second-order valence-electron chi connectivity index (χ2n) is 7.55. The molecule has 0 bridgehead atoms. The summed E-state index contributed by atoms with van der Waals surface area (Å²) in [5.74, 6) is -3.35. The van der Waals surface area contributed by atoms with Crippen LogP contribution in [0.2, 0.25) is 0 Å². The number of aliphatic hydroxyl groups excluding tert-OH is 1. The molecule has 2 aliphatic rings. The molecule has 19 heteroatoms. The van der Waals surface area contributed by atoms with E-state index in [4.69, 9.17) is 11.5 Å². The number of hydrogen-bond acceptors (Lipinski definition) is 13. The number of aliphatic hydroxyl groups is 1. The van der Waals surface area contributed by atoms with Crippen molar-refractivity contribution in [3.8, 4) is 0 Å². The van der Waals surface area contributed by atoms with Gasteiger partial charge < -0.3 is 36.6 Å². The number of nitrogens with zero attached hydrogens (tertiary/aromatic N) is 6. The number of hydrogen-bond donors (Lipinski definition) is 4. The van der Waals surface area contributed by atoms with Crippen LogP contribution in [0.25, 0.3) is 0 Å². The van der Waals surface area contributed by atoms with E-state index in [0.717, 1.165) is 4.90 Å². The van der Waals surface area contributed by atoms with Crippen LogP contribution in [0, 0.1) is 0 Å². The number of nitrogen functional groups attached to an aromatic ring is 2. The standard InChI is InChI=1S/C18H19F2N9O6S2/c19-17(20)35-25-9(12-24-18(22)37-26-12)13(31)23-10-14(32)29-11(16(33)34)7(6-36-15(10)29)5-27-2-1-8(21)28(27)3-4-30/h1-2,10,15,17,21,30H,3-6H2,(H4,22,23,24,26,31,33,34)/t10-,15-/m1/s1. The number of nitrogens with two attached hydrogens (primary N) is 2. The summed E-state index contributed by atoms with van der Waals surface area (Å²) in [6, 6.07) is 0.373. The van der Waals surface area contributed by atoms with Gasteiger partial charge in [-0.3, -0.25) is 14.5 Å². The summed E-state index contributed by atoms with van der Waals surface area (Å²) in [6.07, 6.45) is 1.60. The van der Waals surface area contributed by atoms with Gasteiger partial charge in [0.2, 0.25) is 11.5 Å². The second kappa shape index (κ2) is 10.6. The molecule has 2 amide bonds. The summed E-state index contributed by atoms with van der Waals surface area (Å²) in [4.78, 5) is 46.2. The number of carbonyl (C=O) groups is 3. The molecular weight excluding hydrogens is 540 g/mol. The molecule has 2 aromatic rings. The number of β-lactam (4-membered cyclic amide) rings is 1. The highest BCUT2D eigenvalue weighted by Crippen LogP contribution is 2.40. The number of nitrogens with one attached hydrogen (secondary N) is 1. The number of carboxylic acid groups (broad SMARTS) is 1. The van der Waals surface area contributed by atoms with E-state index in [1.165, 1.54) is 11.8 Å². The Morgan fingerprint density at radius 3 is 2.81 bits per heavy atom. The van der Waals surface area contributed by atoms with Gasteiger partial charge in [-0.05, 0) is 0 Å². The van der Waals surface area contributed by atoms with Gasteiger partial charge in [0.05, 0.1) is 24.3 Å². The third kappa shape index (κ3) is 5.18. The molecule has 4 heterocycles. The van der Waals surface area contributed by atoms with Crippen molar-refractivity contribution in [2.75, 3.05) is 23.8 Å². The Kier molecular flexibility index (Phi) is 7.55. The van der Waals surface area contributed by atoms with Crippen LogP contribution in [0.15, 0.2) is 28.7 Å². The van der Waals surface area contributed by atoms with Gasteiger partial charge in [-0.15, -0.1) is 21.1 Å². The van der Waals surface area contributed by atoms with Gasteiger partial charge in [0.15, 0.2) is 23.7 Å². The summed E-state index contributed by atoms with van der Waals surface area (Å²) in [5, 5.41) is 25.8. The van der Waals surface area contributed by atoms with E-state index < -0.39 is 41.5 Å². The molecule has 0 aromatic carbocycles. The second-order valence-corrected chi connectivity index (χ2v) is 9.44. The number of carboxylic acids is 1. The summed E-state index contributed by atoms with van der Waals surface area (Å²) in [7, 11) is 0. The number of thioether (sulfide) groups is 1. The van der Waals surface area contributed by atoms with E-state index in [2.05, 4.69) is 24.7 Å². The molecule has 0 radical (unpaired) electrons. The van der Waals surface area contributed by atoms with Gasteiger partial charge in [-0.1, -0.05) is 5.16 Å². The lowest BCUT2D eigenvalue weighted by Gasteiger charge is -2.50. The number of halogens is 2. The first kappa shape index (κ1) is 26.2. The van der Waals surface area contributed by atoms with Gasteiger partial charge in [0.25, 0.3) is 11.8 Å². The van der Waals surface area contributed by atoms with Crippen LogP contribution in [0.1, 0.15) is 5.82 Å². The Morgan fingerprint density at radius 1 is 1.43 bits per heavy atom. The smallest absolute Gasteiger partial charge is 0.407 e. The molecule has 37 heavy (non-hydrogen) atoms. The number of aromatic nitrogens is 4. The molecule has 0 saturated carbocycles. The molecule has 2 atom stereocenters. The fourth-order valence-corrected chi connectivity index (χ4v) is 5.54. The van der Waals surface area contributed by atoms with Crippen LogP contribution in [0.4, 0.5) is 19.7 Å². The number of rotatable bonds is 10. The van der Waals surface area contributed by atoms with Crippen molar-refractivity contribution in [2.24, 2.45) is 5.16 Å². The van der Waals surface area contributed by atoms with Crippen LogP contribution in [0.5, 0.6) is 0 Å². The average molecular weight is 560 g/mol. The summed E-state index contributed by atoms with van der Waals surface area (Å²) >= 11 is 1.85. The van der Waals surface area contributed by atoms with Gasteiger partial charge in [-0.2, -0.15) is 18.1 Å². The maximum atomic E-state index is 12.9. The monoisotopic (exact) mass is 559 g/mol. The van der Waals surface area contributed by atoms with Crippen LogP contribution in [-0.2, 0) is 32.3 Å². The SMILES string of the molecule is Nc1nc(C(=NOC(F)F)C(=O)N[C@@H]2C(=O)N3C(C(=O)[O-])=C(C[n+]4ccc(N)n4CCO)CS[C@H]23)ns1. The minimum absolute atomic E-state index is 0.0414. The Balaban J connectivity index is 1.55. The molecule has 4 rings (SSSR count). The first-order valence-corrected chi connectivity index (χ1v) is 12.2. The van der Waals surface area contributed by atoms with E-state index in [1.807, 2.05) is 0 Å². The van der Waals surface area contributed by atoms with E-state index in [1.54, 1.807) is 21.6 Å². The van der Waals surface area contributed by atoms with Crippen LogP contribution in [-0.4, -0.2) is 77.9 Å². The number of fused-ring (bicyclic) bond motifs is 1. The van der Waals surface area contributed by atoms with Crippen molar-refractivity contribution in [1.29, 1.82) is 0 Å². The molecule has 15 nitrogen and oxygen atoms in total. The fraction of sp³-hybridized carbons (Fsp3) is 0.389. The molecule has 198 valence electrons.